The Morgan fingerprint density at radius 3 is 2.40 bits per heavy atom. The van der Waals surface area contributed by atoms with Gasteiger partial charge in [-0.1, -0.05) is 53.8 Å². The number of ether oxygens (including phenoxy) is 2. The van der Waals surface area contributed by atoms with E-state index in [1.54, 1.807) is 32.2 Å². The lowest BCUT2D eigenvalue weighted by Crippen LogP contribution is -2.40. The number of halogens is 1. The Bertz CT molecular complexity index is 1810. The molecule has 1 aromatic heterocycles. The number of hydrogen-bond donors (Lipinski definition) is 0. The van der Waals surface area contributed by atoms with Gasteiger partial charge in [0.15, 0.2) is 4.80 Å². The number of aromatic nitrogens is 1. The van der Waals surface area contributed by atoms with Crippen LogP contribution in [-0.2, 0) is 9.53 Å². The van der Waals surface area contributed by atoms with Crippen LogP contribution in [0.25, 0.3) is 11.8 Å². The van der Waals surface area contributed by atoms with E-state index in [0.29, 0.717) is 31.9 Å². The van der Waals surface area contributed by atoms with Gasteiger partial charge in [-0.2, -0.15) is 0 Å². The van der Waals surface area contributed by atoms with Gasteiger partial charge in [-0.25, -0.2) is 14.2 Å². The Hall–Kier alpha value is -4.50. The maximum Gasteiger partial charge on any atom is 0.338 e. The van der Waals surface area contributed by atoms with E-state index < -0.39 is 17.8 Å². The van der Waals surface area contributed by atoms with Crippen molar-refractivity contribution in [2.24, 2.45) is 4.99 Å². The fraction of sp³-hybridized carbons (Fsp3) is 0.242. The highest BCUT2D eigenvalue weighted by molar-refractivity contribution is 7.07. The van der Waals surface area contributed by atoms with Crippen molar-refractivity contribution in [1.29, 1.82) is 0 Å². The molecule has 3 aromatic carbocycles. The fourth-order valence-corrected chi connectivity index (χ4v) is 6.14. The van der Waals surface area contributed by atoms with Crippen LogP contribution in [0.2, 0.25) is 0 Å². The quantitative estimate of drug-likeness (QED) is 0.261. The predicted molar refractivity (Wildman–Crippen MR) is 164 cm³/mol. The number of carbonyl (C=O) groups is 1. The van der Waals surface area contributed by atoms with Crippen molar-refractivity contribution in [1.82, 2.24) is 4.57 Å². The molecule has 4 aromatic rings. The number of anilines is 1. The van der Waals surface area contributed by atoms with E-state index >= 15 is 0 Å². The van der Waals surface area contributed by atoms with Gasteiger partial charge in [0.05, 0.1) is 35.6 Å². The highest BCUT2D eigenvalue weighted by Gasteiger charge is 2.35. The van der Waals surface area contributed by atoms with Gasteiger partial charge >= 0.3 is 5.97 Å². The zero-order valence-corrected chi connectivity index (χ0v) is 24.8. The first-order valence-electron chi connectivity index (χ1n) is 13.9. The molecule has 216 valence electrons. The van der Waals surface area contributed by atoms with Gasteiger partial charge in [-0.05, 0) is 56.7 Å². The lowest BCUT2D eigenvalue weighted by Gasteiger charge is -2.25. The van der Waals surface area contributed by atoms with Gasteiger partial charge in [0.25, 0.3) is 5.56 Å². The minimum atomic E-state index is -0.870. The number of esters is 1. The van der Waals surface area contributed by atoms with Crippen LogP contribution in [0, 0.1) is 5.82 Å². The van der Waals surface area contributed by atoms with Crippen molar-refractivity contribution >= 4 is 34.8 Å². The number of methoxy groups -OCH3 is 1. The molecule has 0 saturated carbocycles. The second-order valence-corrected chi connectivity index (χ2v) is 10.6. The molecule has 1 aliphatic rings. The van der Waals surface area contributed by atoms with Crippen LogP contribution in [0.1, 0.15) is 43.5 Å². The molecule has 0 radical (unpaired) electrons. The van der Waals surface area contributed by atoms with E-state index in [-0.39, 0.29) is 17.7 Å². The van der Waals surface area contributed by atoms with Crippen LogP contribution in [0.4, 0.5) is 10.1 Å². The molecule has 0 amide bonds. The molecule has 0 fully saturated rings. The summed E-state index contributed by atoms with van der Waals surface area (Å²) >= 11 is 1.22. The number of rotatable bonds is 9. The number of fused-ring (bicyclic) bond motifs is 1. The maximum absolute atomic E-state index is 14.1. The summed E-state index contributed by atoms with van der Waals surface area (Å²) < 4.78 is 27.1. The molecule has 7 nitrogen and oxygen atoms in total. The number of benzene rings is 3. The molecule has 9 heteroatoms. The van der Waals surface area contributed by atoms with Crippen molar-refractivity contribution in [3.8, 4) is 5.75 Å². The van der Waals surface area contributed by atoms with E-state index in [1.807, 2.05) is 48.5 Å². The summed E-state index contributed by atoms with van der Waals surface area (Å²) in [5, 5.41) is 0. The van der Waals surface area contributed by atoms with Gasteiger partial charge < -0.3 is 14.4 Å². The average Bonchev–Trinajstić information content (AvgIpc) is 3.32. The van der Waals surface area contributed by atoms with Crippen molar-refractivity contribution in [2.45, 2.75) is 26.8 Å². The first-order chi connectivity index (χ1) is 20.4. The highest BCUT2D eigenvalue weighted by Crippen LogP contribution is 2.35. The molecule has 5 rings (SSSR count). The second-order valence-electron chi connectivity index (χ2n) is 9.58. The Morgan fingerprint density at radius 1 is 1.05 bits per heavy atom. The predicted octanol–water partition coefficient (Wildman–Crippen LogP) is 4.93. The maximum atomic E-state index is 14.1. The molecule has 0 bridgehead atoms. The van der Waals surface area contributed by atoms with Gasteiger partial charge in [0.2, 0.25) is 0 Å². The summed E-state index contributed by atoms with van der Waals surface area (Å²) in [6.45, 7) is 7.77. The van der Waals surface area contributed by atoms with E-state index in [0.717, 1.165) is 24.3 Å². The molecule has 0 unspecified atom stereocenters. The topological polar surface area (TPSA) is 73.1 Å². The Kier molecular flexibility index (Phi) is 8.68. The summed E-state index contributed by atoms with van der Waals surface area (Å²) in [5.41, 5.74) is 3.35. The Balaban J connectivity index is 1.77. The van der Waals surface area contributed by atoms with Gasteiger partial charge in [0, 0.05) is 36.0 Å². The summed E-state index contributed by atoms with van der Waals surface area (Å²) in [6.07, 6.45) is 1.78. The van der Waals surface area contributed by atoms with Crippen molar-refractivity contribution < 1.29 is 18.7 Å². The van der Waals surface area contributed by atoms with Gasteiger partial charge in [-0.3, -0.25) is 9.36 Å². The Morgan fingerprint density at radius 2 is 1.76 bits per heavy atom. The molecule has 0 spiro atoms. The molecule has 1 aliphatic heterocycles. The van der Waals surface area contributed by atoms with E-state index in [4.69, 9.17) is 14.5 Å². The monoisotopic (exact) mass is 585 g/mol. The van der Waals surface area contributed by atoms with Crippen LogP contribution in [0.15, 0.2) is 88.2 Å². The lowest BCUT2D eigenvalue weighted by atomic mass is 9.93. The summed E-state index contributed by atoms with van der Waals surface area (Å²) in [5.74, 6) is -0.369. The SMILES string of the molecule is CCOC(=O)C1=C(c2ccccc2)N=c2s/c(=C\c3ccc(N(CC)CC)cc3OC)c(=O)n2[C@H]1c1ccc(F)cc1. The molecule has 0 aliphatic carbocycles. The number of nitrogens with zero attached hydrogens (tertiary/aromatic N) is 3. The smallest absolute Gasteiger partial charge is 0.338 e. The van der Waals surface area contributed by atoms with Crippen LogP contribution in [0.3, 0.4) is 0 Å². The van der Waals surface area contributed by atoms with E-state index in [2.05, 4.69) is 18.7 Å². The highest BCUT2D eigenvalue weighted by atomic mass is 32.1. The molecular weight excluding hydrogens is 553 g/mol. The Labute approximate surface area is 247 Å². The number of carbonyl (C=O) groups excluding carboxylic acids is 1. The van der Waals surface area contributed by atoms with Crippen molar-refractivity contribution in [3.63, 3.8) is 0 Å². The first-order valence-corrected chi connectivity index (χ1v) is 14.7. The van der Waals surface area contributed by atoms with Crippen LogP contribution in [0.5, 0.6) is 5.75 Å². The molecule has 0 N–H and O–H groups in total. The van der Waals surface area contributed by atoms with E-state index in [9.17, 15) is 14.0 Å². The zero-order chi connectivity index (χ0) is 29.8. The molecule has 42 heavy (non-hydrogen) atoms. The third kappa shape index (κ3) is 5.52. The lowest BCUT2D eigenvalue weighted by molar-refractivity contribution is -0.138. The van der Waals surface area contributed by atoms with Crippen LogP contribution in [-0.4, -0.2) is 37.3 Å². The third-order valence-electron chi connectivity index (χ3n) is 7.19. The standard InChI is InChI=1S/C33H32FN3O4S/c1-5-36(6-2)25-18-15-23(26(20-25)40-4)19-27-31(38)37-30(22-13-16-24(34)17-14-22)28(32(39)41-7-3)29(35-33(37)42-27)21-11-9-8-10-12-21/h8-20,30H,5-7H2,1-4H3/b27-19-/t30-/m0/s1. The van der Waals surface area contributed by atoms with E-state index in [1.165, 1.54) is 28.0 Å². The molecule has 1 atom stereocenters. The normalized spacial score (nSPS) is 14.8. The molecular formula is C33H32FN3O4S. The molecule has 0 saturated heterocycles. The van der Waals surface area contributed by atoms with Crippen molar-refractivity contribution in [2.75, 3.05) is 31.7 Å². The van der Waals surface area contributed by atoms with Crippen molar-refractivity contribution in [3.05, 3.63) is 121 Å². The van der Waals surface area contributed by atoms with Crippen LogP contribution < -0.4 is 24.5 Å². The largest absolute Gasteiger partial charge is 0.496 e. The molecule has 2 heterocycles. The van der Waals surface area contributed by atoms with Crippen LogP contribution >= 0.6 is 11.3 Å². The summed E-state index contributed by atoms with van der Waals surface area (Å²) in [4.78, 5) is 35.1. The average molecular weight is 586 g/mol. The zero-order valence-electron chi connectivity index (χ0n) is 24.0. The minimum Gasteiger partial charge on any atom is -0.496 e. The number of hydrogen-bond acceptors (Lipinski definition) is 7. The first kappa shape index (κ1) is 29.0. The van der Waals surface area contributed by atoms with Gasteiger partial charge in [-0.15, -0.1) is 0 Å². The second kappa shape index (κ2) is 12.6. The minimum absolute atomic E-state index is 0.147. The summed E-state index contributed by atoms with van der Waals surface area (Å²) in [7, 11) is 1.60. The number of thiazole rings is 1. The fourth-order valence-electron chi connectivity index (χ4n) is 5.15. The van der Waals surface area contributed by atoms with Gasteiger partial charge in [0.1, 0.15) is 11.6 Å². The summed E-state index contributed by atoms with van der Waals surface area (Å²) in [6, 6.07) is 20.1. The third-order valence-corrected chi connectivity index (χ3v) is 8.17.